The largest absolute Gasteiger partial charge is 0.444 e. The molecule has 214 valence electrons. The van der Waals surface area contributed by atoms with Crippen LogP contribution >= 0.6 is 0 Å². The predicted molar refractivity (Wildman–Crippen MR) is 155 cm³/mol. The SMILES string of the molecule is CCCCCN(C(=O)C(CO)NC(=O)OC(C)(C)C)C(C(=O)Nc1c(C)cccc1C)c1cccc(C)c1C. The van der Waals surface area contributed by atoms with Gasteiger partial charge < -0.3 is 25.4 Å². The first-order valence-corrected chi connectivity index (χ1v) is 13.6. The Kier molecular flexibility index (Phi) is 11.5. The molecule has 8 heteroatoms. The van der Waals surface area contributed by atoms with Gasteiger partial charge in [0, 0.05) is 12.2 Å². The molecule has 0 heterocycles. The molecule has 3 amide bonds. The minimum Gasteiger partial charge on any atom is -0.444 e. The lowest BCUT2D eigenvalue weighted by molar-refractivity contribution is -0.141. The van der Waals surface area contributed by atoms with Gasteiger partial charge in [0.15, 0.2) is 0 Å². The van der Waals surface area contributed by atoms with Gasteiger partial charge in [0.25, 0.3) is 5.91 Å². The van der Waals surface area contributed by atoms with E-state index in [0.29, 0.717) is 17.7 Å². The molecular formula is C31H45N3O5. The summed E-state index contributed by atoms with van der Waals surface area (Å²) in [6.45, 7) is 14.6. The summed E-state index contributed by atoms with van der Waals surface area (Å²) >= 11 is 0. The minimum absolute atomic E-state index is 0.275. The van der Waals surface area contributed by atoms with Crippen molar-refractivity contribution in [2.24, 2.45) is 0 Å². The van der Waals surface area contributed by atoms with Crippen molar-refractivity contribution < 1.29 is 24.2 Å². The molecular weight excluding hydrogens is 494 g/mol. The zero-order valence-electron chi connectivity index (χ0n) is 24.7. The fourth-order valence-electron chi connectivity index (χ4n) is 4.46. The highest BCUT2D eigenvalue weighted by molar-refractivity contribution is 6.00. The van der Waals surface area contributed by atoms with Crippen LogP contribution in [0, 0.1) is 27.7 Å². The van der Waals surface area contributed by atoms with E-state index in [9.17, 15) is 19.5 Å². The fraction of sp³-hybridized carbons (Fsp3) is 0.516. The Bertz CT molecular complexity index is 1140. The number of aryl methyl sites for hydroxylation is 3. The summed E-state index contributed by atoms with van der Waals surface area (Å²) in [5.41, 5.74) is 4.32. The maximum atomic E-state index is 14.1. The third kappa shape index (κ3) is 8.82. The molecule has 39 heavy (non-hydrogen) atoms. The van der Waals surface area contributed by atoms with Crippen LogP contribution < -0.4 is 10.6 Å². The zero-order chi connectivity index (χ0) is 29.3. The van der Waals surface area contributed by atoms with Crippen molar-refractivity contribution in [1.82, 2.24) is 10.2 Å². The Hall–Kier alpha value is -3.39. The summed E-state index contributed by atoms with van der Waals surface area (Å²) in [5.74, 6) is -0.915. The highest BCUT2D eigenvalue weighted by Crippen LogP contribution is 2.30. The first kappa shape index (κ1) is 31.8. The summed E-state index contributed by atoms with van der Waals surface area (Å²) in [5, 5.41) is 15.7. The molecule has 0 fully saturated rings. The van der Waals surface area contributed by atoms with Crippen molar-refractivity contribution in [3.63, 3.8) is 0 Å². The lowest BCUT2D eigenvalue weighted by atomic mass is 9.94. The summed E-state index contributed by atoms with van der Waals surface area (Å²) in [6.07, 6.45) is 1.62. The number of carbonyl (C=O) groups excluding carboxylic acids is 3. The van der Waals surface area contributed by atoms with Crippen LogP contribution in [0.15, 0.2) is 36.4 Å². The molecule has 2 unspecified atom stereocenters. The number of benzene rings is 2. The topological polar surface area (TPSA) is 108 Å². The number of carbonyl (C=O) groups is 3. The van der Waals surface area contributed by atoms with Gasteiger partial charge in [0.05, 0.1) is 6.61 Å². The number of unbranched alkanes of at least 4 members (excludes halogenated alkanes) is 2. The molecule has 2 aromatic carbocycles. The van der Waals surface area contributed by atoms with Gasteiger partial charge in [0.1, 0.15) is 17.7 Å². The number of alkyl carbamates (subject to hydrolysis) is 1. The van der Waals surface area contributed by atoms with Crippen LogP contribution in [0.4, 0.5) is 10.5 Å². The van der Waals surface area contributed by atoms with Crippen LogP contribution in [0.3, 0.4) is 0 Å². The number of rotatable bonds is 11. The second kappa shape index (κ2) is 14.1. The third-order valence-electron chi connectivity index (χ3n) is 6.69. The summed E-state index contributed by atoms with van der Waals surface area (Å²) in [6, 6.07) is 9.20. The molecule has 0 radical (unpaired) electrons. The minimum atomic E-state index is -1.28. The lowest BCUT2D eigenvalue weighted by Crippen LogP contribution is -2.54. The molecule has 2 aromatic rings. The maximum absolute atomic E-state index is 14.1. The first-order chi connectivity index (χ1) is 18.3. The van der Waals surface area contributed by atoms with Crippen molar-refractivity contribution in [2.75, 3.05) is 18.5 Å². The molecule has 0 aliphatic carbocycles. The van der Waals surface area contributed by atoms with E-state index >= 15 is 0 Å². The summed E-state index contributed by atoms with van der Waals surface area (Å²) in [4.78, 5) is 42.1. The van der Waals surface area contributed by atoms with E-state index in [1.54, 1.807) is 20.8 Å². The second-order valence-corrected chi connectivity index (χ2v) is 11.1. The number of hydrogen-bond donors (Lipinski definition) is 3. The van der Waals surface area contributed by atoms with Crippen LogP contribution in [0.25, 0.3) is 0 Å². The molecule has 0 aliphatic rings. The maximum Gasteiger partial charge on any atom is 0.408 e. The number of nitrogens with zero attached hydrogens (tertiary/aromatic N) is 1. The molecule has 2 atom stereocenters. The third-order valence-corrected chi connectivity index (χ3v) is 6.69. The summed E-state index contributed by atoms with van der Waals surface area (Å²) in [7, 11) is 0. The molecule has 8 nitrogen and oxygen atoms in total. The average Bonchev–Trinajstić information content (AvgIpc) is 2.85. The van der Waals surface area contributed by atoms with Crippen LogP contribution in [-0.2, 0) is 14.3 Å². The van der Waals surface area contributed by atoms with Gasteiger partial charge in [-0.3, -0.25) is 9.59 Å². The van der Waals surface area contributed by atoms with E-state index in [2.05, 4.69) is 17.6 Å². The van der Waals surface area contributed by atoms with Crippen LogP contribution in [0.2, 0.25) is 0 Å². The van der Waals surface area contributed by atoms with Gasteiger partial charge in [0.2, 0.25) is 5.91 Å². The van der Waals surface area contributed by atoms with Crippen LogP contribution in [0.5, 0.6) is 0 Å². The molecule has 0 saturated carbocycles. The fourth-order valence-corrected chi connectivity index (χ4v) is 4.46. The van der Waals surface area contributed by atoms with Crippen molar-refractivity contribution in [2.45, 2.75) is 92.3 Å². The molecule has 2 rings (SSSR count). The Morgan fingerprint density at radius 2 is 1.54 bits per heavy atom. The number of hydrogen-bond acceptors (Lipinski definition) is 5. The molecule has 0 aromatic heterocycles. The van der Waals surface area contributed by atoms with Gasteiger partial charge in [-0.2, -0.15) is 0 Å². The Labute approximate surface area is 233 Å². The number of para-hydroxylation sites is 1. The molecule has 0 bridgehead atoms. The van der Waals surface area contributed by atoms with E-state index in [4.69, 9.17) is 4.74 Å². The predicted octanol–water partition coefficient (Wildman–Crippen LogP) is 5.50. The van der Waals surface area contributed by atoms with E-state index in [0.717, 1.165) is 35.1 Å². The standard InChI is InChI=1S/C31H45N3O5/c1-9-10-11-18-34(29(37)25(19-35)32-30(38)39-31(6,7)8)27(24-17-13-14-20(2)23(24)5)28(36)33-26-21(3)15-12-16-22(26)4/h12-17,25,27,35H,9-11,18-19H2,1-8H3,(H,32,38)(H,33,36). The molecule has 0 saturated heterocycles. The lowest BCUT2D eigenvalue weighted by Gasteiger charge is -2.35. The van der Waals surface area contributed by atoms with Gasteiger partial charge in [-0.25, -0.2) is 4.79 Å². The molecule has 0 spiro atoms. The normalized spacial score (nSPS) is 12.8. The number of amides is 3. The van der Waals surface area contributed by atoms with E-state index in [-0.39, 0.29) is 12.5 Å². The van der Waals surface area contributed by atoms with Crippen molar-refractivity contribution in [3.8, 4) is 0 Å². The number of aliphatic hydroxyl groups excluding tert-OH is 1. The Balaban J connectivity index is 2.58. The van der Waals surface area contributed by atoms with Crippen molar-refractivity contribution in [3.05, 3.63) is 64.2 Å². The van der Waals surface area contributed by atoms with E-state index in [1.165, 1.54) is 4.90 Å². The van der Waals surface area contributed by atoms with Crippen LogP contribution in [0.1, 0.15) is 80.8 Å². The van der Waals surface area contributed by atoms with E-state index in [1.807, 2.05) is 64.1 Å². The number of anilines is 1. The van der Waals surface area contributed by atoms with Gasteiger partial charge in [-0.15, -0.1) is 0 Å². The second-order valence-electron chi connectivity index (χ2n) is 11.1. The molecule has 3 N–H and O–H groups in total. The number of ether oxygens (including phenoxy) is 1. The van der Waals surface area contributed by atoms with E-state index < -0.39 is 36.3 Å². The highest BCUT2D eigenvalue weighted by atomic mass is 16.6. The smallest absolute Gasteiger partial charge is 0.408 e. The average molecular weight is 540 g/mol. The Morgan fingerprint density at radius 1 is 0.949 bits per heavy atom. The molecule has 0 aliphatic heterocycles. The highest BCUT2D eigenvalue weighted by Gasteiger charge is 2.37. The quantitative estimate of drug-likeness (QED) is 0.327. The van der Waals surface area contributed by atoms with Crippen molar-refractivity contribution in [1.29, 1.82) is 0 Å². The first-order valence-electron chi connectivity index (χ1n) is 13.6. The van der Waals surface area contributed by atoms with Gasteiger partial charge in [-0.1, -0.05) is 56.2 Å². The summed E-state index contributed by atoms with van der Waals surface area (Å²) < 4.78 is 5.32. The number of nitrogens with one attached hydrogen (secondary N) is 2. The Morgan fingerprint density at radius 3 is 2.10 bits per heavy atom. The number of aliphatic hydroxyl groups is 1. The van der Waals surface area contributed by atoms with Gasteiger partial charge >= 0.3 is 6.09 Å². The van der Waals surface area contributed by atoms with Crippen LogP contribution in [-0.4, -0.2) is 52.7 Å². The zero-order valence-corrected chi connectivity index (χ0v) is 24.7. The van der Waals surface area contributed by atoms with Crippen molar-refractivity contribution >= 4 is 23.6 Å². The monoisotopic (exact) mass is 539 g/mol. The van der Waals surface area contributed by atoms with Gasteiger partial charge in [-0.05, 0) is 82.7 Å².